The lowest BCUT2D eigenvalue weighted by Gasteiger charge is -2.17. The van der Waals surface area contributed by atoms with Crippen LogP contribution in [0, 0.1) is 10.1 Å². The van der Waals surface area contributed by atoms with Crippen molar-refractivity contribution in [3.8, 4) is 11.5 Å². The molecule has 0 aromatic heterocycles. The van der Waals surface area contributed by atoms with E-state index in [0.29, 0.717) is 23.7 Å². The van der Waals surface area contributed by atoms with Crippen molar-refractivity contribution < 1.29 is 14.4 Å². The summed E-state index contributed by atoms with van der Waals surface area (Å²) in [6, 6.07) is 2.96. The highest BCUT2D eigenvalue weighted by molar-refractivity contribution is 6.02. The molecule has 19 heavy (non-hydrogen) atoms. The second kappa shape index (κ2) is 5.13. The third-order valence-corrected chi connectivity index (χ3v) is 3.00. The number of methoxy groups -OCH3 is 2. The van der Waals surface area contributed by atoms with E-state index in [-0.39, 0.29) is 11.4 Å². The third kappa shape index (κ3) is 2.31. The first-order chi connectivity index (χ1) is 9.08. The Morgan fingerprint density at radius 3 is 2.47 bits per heavy atom. The standard InChI is InChI=1S/C12H15N3O4/c1-14-5-4-13-12(14)8-6-9(15(16)17)11(19-3)7-10(8)18-2/h6-7H,4-5H2,1-3H3. The van der Waals surface area contributed by atoms with Crippen LogP contribution < -0.4 is 9.47 Å². The summed E-state index contributed by atoms with van der Waals surface area (Å²) in [4.78, 5) is 16.9. The Kier molecular flexibility index (Phi) is 3.55. The fourth-order valence-electron chi connectivity index (χ4n) is 2.02. The number of rotatable bonds is 4. The number of amidine groups is 1. The molecule has 0 saturated carbocycles. The zero-order valence-electron chi connectivity index (χ0n) is 11.0. The van der Waals surface area contributed by atoms with Crippen LogP contribution in [0.15, 0.2) is 17.1 Å². The molecular formula is C12H15N3O4. The first-order valence-corrected chi connectivity index (χ1v) is 5.75. The quantitative estimate of drug-likeness (QED) is 0.605. The molecule has 102 valence electrons. The number of aliphatic imine (C=N–C) groups is 1. The molecule has 7 heteroatoms. The molecule has 0 amide bonds. The maximum Gasteiger partial charge on any atom is 0.311 e. The Bertz CT molecular complexity index is 542. The molecule has 0 N–H and O–H groups in total. The number of ether oxygens (including phenoxy) is 2. The normalized spacial score (nSPS) is 14.3. The van der Waals surface area contributed by atoms with Gasteiger partial charge in [0.05, 0.1) is 31.3 Å². The van der Waals surface area contributed by atoms with Gasteiger partial charge in [-0.2, -0.15) is 0 Å². The van der Waals surface area contributed by atoms with E-state index >= 15 is 0 Å². The number of nitro benzene ring substituents is 1. The number of benzene rings is 1. The van der Waals surface area contributed by atoms with Gasteiger partial charge in [0.25, 0.3) is 0 Å². The number of nitrogens with zero attached hydrogens (tertiary/aromatic N) is 3. The van der Waals surface area contributed by atoms with E-state index in [2.05, 4.69) is 4.99 Å². The minimum absolute atomic E-state index is 0.0960. The highest BCUT2D eigenvalue weighted by Gasteiger charge is 2.25. The van der Waals surface area contributed by atoms with Crippen LogP contribution in [0.25, 0.3) is 0 Å². The van der Waals surface area contributed by atoms with Gasteiger partial charge in [0.2, 0.25) is 5.75 Å². The van der Waals surface area contributed by atoms with Crippen LogP contribution in [0.1, 0.15) is 5.56 Å². The van der Waals surface area contributed by atoms with Gasteiger partial charge in [0.1, 0.15) is 11.6 Å². The van der Waals surface area contributed by atoms with Gasteiger partial charge in [0.15, 0.2) is 0 Å². The second-order valence-corrected chi connectivity index (χ2v) is 4.11. The average molecular weight is 265 g/mol. The molecule has 0 saturated heterocycles. The van der Waals surface area contributed by atoms with Crippen LogP contribution in [0.5, 0.6) is 11.5 Å². The van der Waals surface area contributed by atoms with Gasteiger partial charge in [-0.05, 0) is 0 Å². The third-order valence-electron chi connectivity index (χ3n) is 3.00. The van der Waals surface area contributed by atoms with Gasteiger partial charge in [-0.3, -0.25) is 15.1 Å². The van der Waals surface area contributed by atoms with E-state index in [0.717, 1.165) is 6.54 Å². The van der Waals surface area contributed by atoms with E-state index in [1.807, 2.05) is 11.9 Å². The van der Waals surface area contributed by atoms with E-state index in [9.17, 15) is 10.1 Å². The lowest BCUT2D eigenvalue weighted by Crippen LogP contribution is -2.24. The Labute approximate surface area is 110 Å². The maximum atomic E-state index is 11.1. The number of hydrogen-bond donors (Lipinski definition) is 0. The molecule has 0 unspecified atom stereocenters. The highest BCUT2D eigenvalue weighted by atomic mass is 16.6. The Balaban J connectivity index is 2.59. The molecule has 1 heterocycles. The molecule has 7 nitrogen and oxygen atoms in total. The predicted octanol–water partition coefficient (Wildman–Crippen LogP) is 1.30. The summed E-state index contributed by atoms with van der Waals surface area (Å²) >= 11 is 0. The molecule has 0 bridgehead atoms. The summed E-state index contributed by atoms with van der Waals surface area (Å²) in [6.45, 7) is 1.47. The number of likely N-dealkylation sites (N-methyl/N-ethyl adjacent to an activating group) is 1. The molecule has 0 spiro atoms. The van der Waals surface area contributed by atoms with E-state index in [1.165, 1.54) is 26.4 Å². The summed E-state index contributed by atoms with van der Waals surface area (Å²) < 4.78 is 10.3. The van der Waals surface area contributed by atoms with Crippen molar-refractivity contribution in [1.29, 1.82) is 0 Å². The van der Waals surface area contributed by atoms with Gasteiger partial charge < -0.3 is 14.4 Å². The first kappa shape index (κ1) is 13.1. The lowest BCUT2D eigenvalue weighted by molar-refractivity contribution is -0.385. The smallest absolute Gasteiger partial charge is 0.311 e. The molecule has 0 radical (unpaired) electrons. The topological polar surface area (TPSA) is 77.2 Å². The predicted molar refractivity (Wildman–Crippen MR) is 70.2 cm³/mol. The van der Waals surface area contributed by atoms with Crippen LogP contribution in [-0.4, -0.2) is 50.0 Å². The van der Waals surface area contributed by atoms with Gasteiger partial charge >= 0.3 is 5.69 Å². The zero-order valence-corrected chi connectivity index (χ0v) is 11.0. The summed E-state index contributed by atoms with van der Waals surface area (Å²) in [6.07, 6.45) is 0. The van der Waals surface area contributed by atoms with Crippen LogP contribution >= 0.6 is 0 Å². The monoisotopic (exact) mass is 265 g/mol. The van der Waals surface area contributed by atoms with Crippen molar-refractivity contribution in [2.45, 2.75) is 0 Å². The Hall–Kier alpha value is -2.31. The van der Waals surface area contributed by atoms with Crippen molar-refractivity contribution in [2.24, 2.45) is 4.99 Å². The van der Waals surface area contributed by atoms with Crippen molar-refractivity contribution in [2.75, 3.05) is 34.4 Å². The van der Waals surface area contributed by atoms with Crippen LogP contribution in [0.3, 0.4) is 0 Å². The van der Waals surface area contributed by atoms with Crippen LogP contribution in [-0.2, 0) is 0 Å². The molecule has 2 rings (SSSR count). The molecule has 1 aromatic rings. The van der Waals surface area contributed by atoms with Crippen molar-refractivity contribution in [3.05, 3.63) is 27.8 Å². The molecule has 1 aliphatic rings. The van der Waals surface area contributed by atoms with E-state index in [1.54, 1.807) is 0 Å². The number of hydrogen-bond acceptors (Lipinski definition) is 6. The average Bonchev–Trinajstić information content (AvgIpc) is 2.83. The summed E-state index contributed by atoms with van der Waals surface area (Å²) in [7, 11) is 4.79. The van der Waals surface area contributed by atoms with Crippen molar-refractivity contribution in [3.63, 3.8) is 0 Å². The van der Waals surface area contributed by atoms with Gasteiger partial charge in [-0.15, -0.1) is 0 Å². The van der Waals surface area contributed by atoms with E-state index in [4.69, 9.17) is 9.47 Å². The Morgan fingerprint density at radius 1 is 1.32 bits per heavy atom. The molecule has 1 aromatic carbocycles. The van der Waals surface area contributed by atoms with E-state index < -0.39 is 4.92 Å². The Morgan fingerprint density at radius 2 is 2.00 bits per heavy atom. The second-order valence-electron chi connectivity index (χ2n) is 4.11. The van der Waals surface area contributed by atoms with Crippen LogP contribution in [0.2, 0.25) is 0 Å². The highest BCUT2D eigenvalue weighted by Crippen LogP contribution is 2.35. The molecule has 0 fully saturated rings. The first-order valence-electron chi connectivity index (χ1n) is 5.75. The summed E-state index contributed by atoms with van der Waals surface area (Å²) in [5.41, 5.74) is 0.510. The van der Waals surface area contributed by atoms with Crippen LogP contribution in [0.4, 0.5) is 5.69 Å². The van der Waals surface area contributed by atoms with Gasteiger partial charge in [0, 0.05) is 25.7 Å². The van der Waals surface area contributed by atoms with Gasteiger partial charge in [-0.25, -0.2) is 0 Å². The SMILES string of the molecule is COc1cc(OC)c([N+](=O)[O-])cc1C1=NCCN1C. The van der Waals surface area contributed by atoms with Gasteiger partial charge in [-0.1, -0.05) is 0 Å². The number of nitro groups is 1. The minimum Gasteiger partial charge on any atom is -0.496 e. The molecule has 1 aliphatic heterocycles. The fourth-order valence-corrected chi connectivity index (χ4v) is 2.02. The maximum absolute atomic E-state index is 11.1. The molecule has 0 atom stereocenters. The summed E-state index contributed by atoms with van der Waals surface area (Å²) in [5.74, 6) is 1.38. The molecule has 0 aliphatic carbocycles. The largest absolute Gasteiger partial charge is 0.496 e. The van der Waals surface area contributed by atoms with Crippen molar-refractivity contribution >= 4 is 11.5 Å². The lowest BCUT2D eigenvalue weighted by atomic mass is 10.1. The zero-order chi connectivity index (χ0) is 14.0. The summed E-state index contributed by atoms with van der Waals surface area (Å²) in [5, 5.41) is 11.1. The fraction of sp³-hybridized carbons (Fsp3) is 0.417. The minimum atomic E-state index is -0.475. The molecular weight excluding hydrogens is 250 g/mol. The van der Waals surface area contributed by atoms with Crippen molar-refractivity contribution in [1.82, 2.24) is 4.90 Å².